The lowest BCUT2D eigenvalue weighted by Crippen LogP contribution is -2.33. The molecule has 0 fully saturated rings. The lowest BCUT2D eigenvalue weighted by atomic mass is 9.87. The second-order valence-corrected chi connectivity index (χ2v) is 5.47. The molecule has 1 aromatic carbocycles. The van der Waals surface area contributed by atoms with Crippen molar-refractivity contribution in [3.05, 3.63) is 23.8 Å². The van der Waals surface area contributed by atoms with Crippen LogP contribution < -0.4 is 4.74 Å². The zero-order chi connectivity index (χ0) is 14.6. The van der Waals surface area contributed by atoms with Crippen LogP contribution in [0.5, 0.6) is 11.5 Å². The third-order valence-electron chi connectivity index (χ3n) is 3.04. The summed E-state index contributed by atoms with van der Waals surface area (Å²) in [5.41, 5.74) is 0.942. The van der Waals surface area contributed by atoms with Gasteiger partial charge in [-0.2, -0.15) is 0 Å². The summed E-state index contributed by atoms with van der Waals surface area (Å²) >= 11 is 0. The van der Waals surface area contributed by atoms with Gasteiger partial charge < -0.3 is 14.7 Å². The molecule has 0 heterocycles. The number of aromatic hydroxyl groups is 1. The first-order chi connectivity index (χ1) is 8.79. The number of hydrogen-bond acceptors (Lipinski definition) is 3. The van der Waals surface area contributed by atoms with Crippen LogP contribution in [0.4, 0.5) is 4.79 Å². The lowest BCUT2D eigenvalue weighted by Gasteiger charge is -2.22. The Morgan fingerprint density at radius 1 is 1.26 bits per heavy atom. The summed E-state index contributed by atoms with van der Waals surface area (Å²) in [5, 5.41) is 9.78. The Kier molecular flexibility index (Phi) is 4.81. The molecule has 1 rings (SSSR count). The predicted molar refractivity (Wildman–Crippen MR) is 75.8 cm³/mol. The van der Waals surface area contributed by atoms with E-state index in [1.165, 1.54) is 0 Å². The third kappa shape index (κ3) is 3.88. The number of ether oxygens (including phenoxy) is 1. The maximum Gasteiger partial charge on any atom is 0.415 e. The Morgan fingerprint density at radius 2 is 1.84 bits per heavy atom. The third-order valence-corrected chi connectivity index (χ3v) is 3.04. The molecule has 1 N–H and O–H groups in total. The summed E-state index contributed by atoms with van der Waals surface area (Å²) in [7, 11) is 0. The first-order valence-corrected chi connectivity index (χ1v) is 6.59. The molecule has 106 valence electrons. The van der Waals surface area contributed by atoms with Gasteiger partial charge in [0.25, 0.3) is 0 Å². The van der Waals surface area contributed by atoms with E-state index in [9.17, 15) is 9.90 Å². The topological polar surface area (TPSA) is 49.8 Å². The Hall–Kier alpha value is -1.71. The van der Waals surface area contributed by atoms with Gasteiger partial charge in [-0.3, -0.25) is 0 Å². The maximum absolute atomic E-state index is 11.9. The summed E-state index contributed by atoms with van der Waals surface area (Å²) in [6.07, 6.45) is -0.439. The first-order valence-electron chi connectivity index (χ1n) is 6.59. The normalized spacial score (nSPS) is 11.2. The fourth-order valence-electron chi connectivity index (χ4n) is 1.70. The van der Waals surface area contributed by atoms with E-state index in [1.807, 2.05) is 19.9 Å². The molecule has 0 saturated heterocycles. The fraction of sp³-hybridized carbons (Fsp3) is 0.533. The van der Waals surface area contributed by atoms with E-state index in [1.54, 1.807) is 17.0 Å². The standard InChI is InChI=1S/C15H23NO3/c1-6-16(7-2)14(18)19-13-10-11(15(3,4)5)8-9-12(13)17/h8-10,17H,6-7H2,1-5H3. The van der Waals surface area contributed by atoms with Crippen LogP contribution in [-0.4, -0.2) is 29.2 Å². The van der Waals surface area contributed by atoms with Crippen molar-refractivity contribution in [3.8, 4) is 11.5 Å². The zero-order valence-electron chi connectivity index (χ0n) is 12.4. The highest BCUT2D eigenvalue weighted by atomic mass is 16.6. The number of rotatable bonds is 3. The van der Waals surface area contributed by atoms with Gasteiger partial charge in [0, 0.05) is 13.1 Å². The minimum absolute atomic E-state index is 0.0199. The number of carbonyl (C=O) groups is 1. The summed E-state index contributed by atoms with van der Waals surface area (Å²) < 4.78 is 5.26. The van der Waals surface area contributed by atoms with Crippen LogP contribution in [-0.2, 0) is 5.41 Å². The molecule has 0 spiro atoms. The molecule has 0 aliphatic carbocycles. The average molecular weight is 265 g/mol. The summed E-state index contributed by atoms with van der Waals surface area (Å²) in [5.74, 6) is 0.192. The van der Waals surface area contributed by atoms with Gasteiger partial charge in [-0.15, -0.1) is 0 Å². The van der Waals surface area contributed by atoms with Gasteiger partial charge in [-0.1, -0.05) is 26.8 Å². The Labute approximate surface area is 115 Å². The molecule has 0 aliphatic rings. The van der Waals surface area contributed by atoms with E-state index in [4.69, 9.17) is 4.74 Å². The van der Waals surface area contributed by atoms with Crippen molar-refractivity contribution in [1.29, 1.82) is 0 Å². The average Bonchev–Trinajstić information content (AvgIpc) is 2.32. The van der Waals surface area contributed by atoms with Gasteiger partial charge in [0.2, 0.25) is 0 Å². The molecular formula is C15H23NO3. The molecule has 4 nitrogen and oxygen atoms in total. The second kappa shape index (κ2) is 5.95. The van der Waals surface area contributed by atoms with Gasteiger partial charge in [0.15, 0.2) is 11.5 Å². The number of phenols is 1. The van der Waals surface area contributed by atoms with E-state index in [0.29, 0.717) is 13.1 Å². The Morgan fingerprint density at radius 3 is 2.32 bits per heavy atom. The van der Waals surface area contributed by atoms with E-state index in [2.05, 4.69) is 20.8 Å². The summed E-state index contributed by atoms with van der Waals surface area (Å²) in [6.45, 7) is 11.1. The van der Waals surface area contributed by atoms with Crippen molar-refractivity contribution < 1.29 is 14.6 Å². The summed E-state index contributed by atoms with van der Waals surface area (Å²) in [6, 6.07) is 5.12. The molecule has 1 aromatic rings. The highest BCUT2D eigenvalue weighted by Crippen LogP contribution is 2.32. The number of benzene rings is 1. The van der Waals surface area contributed by atoms with Crippen molar-refractivity contribution in [3.63, 3.8) is 0 Å². The van der Waals surface area contributed by atoms with E-state index in [0.717, 1.165) is 5.56 Å². The number of nitrogens with zero attached hydrogens (tertiary/aromatic N) is 1. The van der Waals surface area contributed by atoms with Crippen LogP contribution in [0.1, 0.15) is 40.2 Å². The lowest BCUT2D eigenvalue weighted by molar-refractivity contribution is 0.155. The molecule has 0 saturated carbocycles. The first kappa shape index (κ1) is 15.3. The van der Waals surface area contributed by atoms with E-state index in [-0.39, 0.29) is 16.9 Å². The molecule has 4 heteroatoms. The van der Waals surface area contributed by atoms with Crippen molar-refractivity contribution in [2.24, 2.45) is 0 Å². The van der Waals surface area contributed by atoms with Crippen LogP contribution >= 0.6 is 0 Å². The molecule has 0 unspecified atom stereocenters. The Balaban J connectivity index is 2.98. The van der Waals surface area contributed by atoms with Gasteiger partial charge in [0.05, 0.1) is 0 Å². The highest BCUT2D eigenvalue weighted by Gasteiger charge is 2.19. The molecule has 0 radical (unpaired) electrons. The van der Waals surface area contributed by atoms with Gasteiger partial charge in [0.1, 0.15) is 0 Å². The number of amides is 1. The smallest absolute Gasteiger partial charge is 0.415 e. The minimum atomic E-state index is -0.439. The van der Waals surface area contributed by atoms with Crippen molar-refractivity contribution >= 4 is 6.09 Å². The molecule has 0 aliphatic heterocycles. The zero-order valence-corrected chi connectivity index (χ0v) is 12.4. The fourth-order valence-corrected chi connectivity index (χ4v) is 1.70. The quantitative estimate of drug-likeness (QED) is 0.909. The van der Waals surface area contributed by atoms with Crippen LogP contribution in [0, 0.1) is 0 Å². The van der Waals surface area contributed by atoms with Gasteiger partial charge in [-0.25, -0.2) is 4.79 Å². The molecule has 19 heavy (non-hydrogen) atoms. The van der Waals surface area contributed by atoms with Crippen molar-refractivity contribution in [2.75, 3.05) is 13.1 Å². The van der Waals surface area contributed by atoms with Crippen molar-refractivity contribution in [1.82, 2.24) is 4.90 Å². The number of carbonyl (C=O) groups excluding carboxylic acids is 1. The molecule has 1 amide bonds. The van der Waals surface area contributed by atoms with Crippen LogP contribution in [0.15, 0.2) is 18.2 Å². The van der Waals surface area contributed by atoms with E-state index < -0.39 is 6.09 Å². The monoisotopic (exact) mass is 265 g/mol. The molecule has 0 bridgehead atoms. The minimum Gasteiger partial charge on any atom is -0.504 e. The summed E-state index contributed by atoms with van der Waals surface area (Å²) in [4.78, 5) is 13.4. The van der Waals surface area contributed by atoms with Gasteiger partial charge in [-0.05, 0) is 37.0 Å². The van der Waals surface area contributed by atoms with Crippen LogP contribution in [0.2, 0.25) is 0 Å². The largest absolute Gasteiger partial charge is 0.504 e. The number of phenolic OH excluding ortho intramolecular Hbond substituents is 1. The second-order valence-electron chi connectivity index (χ2n) is 5.47. The van der Waals surface area contributed by atoms with Crippen LogP contribution in [0.25, 0.3) is 0 Å². The molecule has 0 atom stereocenters. The predicted octanol–water partition coefficient (Wildman–Crippen LogP) is 3.53. The Bertz CT molecular complexity index is 445. The molecular weight excluding hydrogens is 242 g/mol. The van der Waals surface area contributed by atoms with Gasteiger partial charge >= 0.3 is 6.09 Å². The van der Waals surface area contributed by atoms with E-state index >= 15 is 0 Å². The molecule has 0 aromatic heterocycles. The van der Waals surface area contributed by atoms with Crippen molar-refractivity contribution in [2.45, 2.75) is 40.0 Å². The number of hydrogen-bond donors (Lipinski definition) is 1. The van der Waals surface area contributed by atoms with Crippen LogP contribution in [0.3, 0.4) is 0 Å². The maximum atomic E-state index is 11.9. The highest BCUT2D eigenvalue weighted by molar-refractivity contribution is 5.71. The SMILES string of the molecule is CCN(CC)C(=O)Oc1cc(C(C)(C)C)ccc1O.